The predicted octanol–water partition coefficient (Wildman–Crippen LogP) is 3.23. The molecule has 2 aliphatic heterocycles. The van der Waals surface area contributed by atoms with Crippen LogP contribution in [0.2, 0.25) is 0 Å². The number of anilines is 1. The minimum absolute atomic E-state index is 0.0297. The minimum atomic E-state index is -0.845. The van der Waals surface area contributed by atoms with E-state index in [1.54, 1.807) is 0 Å². The third kappa shape index (κ3) is 3.71. The van der Waals surface area contributed by atoms with Crippen molar-refractivity contribution in [3.8, 4) is 0 Å². The predicted molar refractivity (Wildman–Crippen MR) is 101 cm³/mol. The standard InChI is InChI=1S/C18H20FN3O3S/c19-11-5-10-6-15(18-21-13(9-26-18)8-16(23)24)22-17(10)14(7-11)20-12-1-3-25-4-2-12/h5-7,12-13,20,22H,1-4,8-9H2,(H,23,24). The zero-order chi connectivity index (χ0) is 18.1. The molecule has 1 fully saturated rings. The first-order valence-corrected chi connectivity index (χ1v) is 9.66. The molecule has 1 saturated heterocycles. The first-order valence-electron chi connectivity index (χ1n) is 8.68. The van der Waals surface area contributed by atoms with Gasteiger partial charge in [0.25, 0.3) is 0 Å². The van der Waals surface area contributed by atoms with Crippen molar-refractivity contribution in [1.29, 1.82) is 0 Å². The van der Waals surface area contributed by atoms with E-state index in [2.05, 4.69) is 15.3 Å². The Bertz CT molecular complexity index is 861. The third-order valence-electron chi connectivity index (χ3n) is 4.63. The average Bonchev–Trinajstić information content (AvgIpc) is 3.22. The molecule has 3 heterocycles. The summed E-state index contributed by atoms with van der Waals surface area (Å²) in [5.41, 5.74) is 2.39. The van der Waals surface area contributed by atoms with Gasteiger partial charge in [0, 0.05) is 30.4 Å². The molecule has 1 aromatic heterocycles. The lowest BCUT2D eigenvalue weighted by Gasteiger charge is -2.24. The molecule has 1 atom stereocenters. The number of nitrogens with one attached hydrogen (secondary N) is 2. The number of hydrogen-bond donors (Lipinski definition) is 3. The van der Waals surface area contributed by atoms with Crippen LogP contribution in [0, 0.1) is 5.82 Å². The lowest BCUT2D eigenvalue weighted by Crippen LogP contribution is -2.27. The molecule has 2 aromatic rings. The van der Waals surface area contributed by atoms with Gasteiger partial charge in [-0.15, -0.1) is 11.8 Å². The largest absolute Gasteiger partial charge is 0.481 e. The summed E-state index contributed by atoms with van der Waals surface area (Å²) in [5, 5.41) is 13.9. The van der Waals surface area contributed by atoms with Crippen molar-refractivity contribution in [2.24, 2.45) is 4.99 Å². The van der Waals surface area contributed by atoms with E-state index in [0.29, 0.717) is 19.0 Å². The highest BCUT2D eigenvalue weighted by atomic mass is 32.2. The van der Waals surface area contributed by atoms with Crippen molar-refractivity contribution in [2.75, 3.05) is 24.3 Å². The maximum Gasteiger partial charge on any atom is 0.305 e. The van der Waals surface area contributed by atoms with Crippen molar-refractivity contribution in [1.82, 2.24) is 4.98 Å². The van der Waals surface area contributed by atoms with Gasteiger partial charge in [0.05, 0.1) is 29.4 Å². The highest BCUT2D eigenvalue weighted by Crippen LogP contribution is 2.31. The second-order valence-electron chi connectivity index (χ2n) is 6.63. The van der Waals surface area contributed by atoms with Crippen LogP contribution in [0.25, 0.3) is 10.9 Å². The van der Waals surface area contributed by atoms with Gasteiger partial charge in [-0.25, -0.2) is 4.39 Å². The van der Waals surface area contributed by atoms with Gasteiger partial charge in [0.2, 0.25) is 0 Å². The molecule has 2 aliphatic rings. The first-order chi connectivity index (χ1) is 12.6. The summed E-state index contributed by atoms with van der Waals surface area (Å²) < 4.78 is 19.4. The molecular weight excluding hydrogens is 357 g/mol. The number of aliphatic imine (C=N–C) groups is 1. The van der Waals surface area contributed by atoms with Crippen molar-refractivity contribution in [3.63, 3.8) is 0 Å². The van der Waals surface area contributed by atoms with Gasteiger partial charge in [0.1, 0.15) is 10.9 Å². The first kappa shape index (κ1) is 17.4. The summed E-state index contributed by atoms with van der Waals surface area (Å²) in [6.45, 7) is 1.43. The van der Waals surface area contributed by atoms with E-state index >= 15 is 0 Å². The fourth-order valence-electron chi connectivity index (χ4n) is 3.37. The van der Waals surface area contributed by atoms with Crippen LogP contribution in [0.3, 0.4) is 0 Å². The molecular formula is C18H20FN3O3S. The van der Waals surface area contributed by atoms with E-state index < -0.39 is 5.97 Å². The molecule has 26 heavy (non-hydrogen) atoms. The van der Waals surface area contributed by atoms with Crippen molar-refractivity contribution < 1.29 is 19.0 Å². The number of aromatic nitrogens is 1. The zero-order valence-corrected chi connectivity index (χ0v) is 14.9. The number of aliphatic carboxylic acids is 1. The van der Waals surface area contributed by atoms with Crippen molar-refractivity contribution >= 4 is 39.4 Å². The molecule has 6 nitrogen and oxygen atoms in total. The molecule has 0 bridgehead atoms. The molecule has 0 spiro atoms. The maximum atomic E-state index is 14.1. The lowest BCUT2D eigenvalue weighted by molar-refractivity contribution is -0.137. The van der Waals surface area contributed by atoms with Crippen molar-refractivity contribution in [3.05, 3.63) is 29.7 Å². The smallest absolute Gasteiger partial charge is 0.305 e. The fraction of sp³-hybridized carbons (Fsp3) is 0.444. The Morgan fingerprint density at radius 3 is 2.96 bits per heavy atom. The maximum absolute atomic E-state index is 14.1. The topological polar surface area (TPSA) is 86.7 Å². The molecule has 1 unspecified atom stereocenters. The normalized spacial score (nSPS) is 21.1. The summed E-state index contributed by atoms with van der Waals surface area (Å²) in [6.07, 6.45) is 1.82. The Morgan fingerprint density at radius 1 is 1.38 bits per heavy atom. The van der Waals surface area contributed by atoms with Crippen LogP contribution in [-0.2, 0) is 9.53 Å². The molecule has 1 aromatic carbocycles. The number of fused-ring (bicyclic) bond motifs is 1. The second-order valence-corrected chi connectivity index (χ2v) is 7.64. The third-order valence-corrected chi connectivity index (χ3v) is 5.78. The number of carbonyl (C=O) groups is 1. The van der Waals surface area contributed by atoms with Crippen LogP contribution in [-0.4, -0.2) is 52.2 Å². The number of carboxylic acids is 1. The summed E-state index contributed by atoms with van der Waals surface area (Å²) >= 11 is 1.53. The van der Waals surface area contributed by atoms with Crippen LogP contribution >= 0.6 is 11.8 Å². The van der Waals surface area contributed by atoms with Gasteiger partial charge in [-0.2, -0.15) is 0 Å². The molecule has 0 aliphatic carbocycles. The van der Waals surface area contributed by atoms with E-state index in [9.17, 15) is 9.18 Å². The van der Waals surface area contributed by atoms with Crippen molar-refractivity contribution in [2.45, 2.75) is 31.3 Å². The molecule has 138 valence electrons. The van der Waals surface area contributed by atoms with E-state index in [4.69, 9.17) is 9.84 Å². The Morgan fingerprint density at radius 2 is 2.19 bits per heavy atom. The number of thioether (sulfide) groups is 1. The Kier molecular flexibility index (Phi) is 4.86. The molecule has 0 radical (unpaired) electrons. The average molecular weight is 377 g/mol. The van der Waals surface area contributed by atoms with E-state index in [0.717, 1.165) is 40.2 Å². The van der Waals surface area contributed by atoms with E-state index in [1.165, 1.54) is 23.9 Å². The summed E-state index contributed by atoms with van der Waals surface area (Å²) in [6, 6.07) is 4.94. The summed E-state index contributed by atoms with van der Waals surface area (Å²) in [5.74, 6) is -0.483. The minimum Gasteiger partial charge on any atom is -0.481 e. The van der Waals surface area contributed by atoms with Gasteiger partial charge in [-0.05, 0) is 31.0 Å². The second kappa shape index (κ2) is 7.28. The number of nitrogens with zero attached hydrogens (tertiary/aromatic N) is 1. The van der Waals surface area contributed by atoms with Gasteiger partial charge in [-0.3, -0.25) is 9.79 Å². The molecule has 0 saturated carbocycles. The van der Waals surface area contributed by atoms with E-state index in [1.807, 2.05) is 6.07 Å². The molecule has 3 N–H and O–H groups in total. The number of halogens is 1. The fourth-order valence-corrected chi connectivity index (χ4v) is 4.40. The number of H-pyrrole nitrogens is 1. The van der Waals surface area contributed by atoms with E-state index in [-0.39, 0.29) is 24.3 Å². The highest BCUT2D eigenvalue weighted by molar-refractivity contribution is 8.14. The van der Waals surface area contributed by atoms with Gasteiger partial charge in [-0.1, -0.05) is 0 Å². The molecule has 4 rings (SSSR count). The number of benzene rings is 1. The van der Waals surface area contributed by atoms with Crippen LogP contribution in [0.4, 0.5) is 10.1 Å². The number of aromatic amines is 1. The van der Waals surface area contributed by atoms with Crippen LogP contribution in [0.1, 0.15) is 25.0 Å². The van der Waals surface area contributed by atoms with Crippen LogP contribution < -0.4 is 5.32 Å². The molecule has 0 amide bonds. The van der Waals surface area contributed by atoms with Crippen LogP contribution in [0.5, 0.6) is 0 Å². The monoisotopic (exact) mass is 377 g/mol. The number of hydrogen-bond acceptors (Lipinski definition) is 5. The number of carboxylic acid groups (broad SMARTS) is 1. The highest BCUT2D eigenvalue weighted by Gasteiger charge is 2.23. The van der Waals surface area contributed by atoms with Crippen LogP contribution in [0.15, 0.2) is 23.2 Å². The SMILES string of the molecule is O=C(O)CC1CSC(c2cc3cc(F)cc(NC4CCOCC4)c3[nH]2)=N1. The summed E-state index contributed by atoms with van der Waals surface area (Å²) in [4.78, 5) is 18.7. The lowest BCUT2D eigenvalue weighted by atomic mass is 10.1. The summed E-state index contributed by atoms with van der Waals surface area (Å²) in [7, 11) is 0. The number of rotatable bonds is 5. The van der Waals surface area contributed by atoms with Gasteiger partial charge in [0.15, 0.2) is 0 Å². The zero-order valence-electron chi connectivity index (χ0n) is 14.1. The Labute approximate surface area is 154 Å². The number of ether oxygens (including phenoxy) is 1. The quantitative estimate of drug-likeness (QED) is 0.745. The Hall–Kier alpha value is -2.06. The Balaban J connectivity index is 1.62. The van der Waals surface area contributed by atoms with Gasteiger partial charge >= 0.3 is 5.97 Å². The van der Waals surface area contributed by atoms with Gasteiger partial charge < -0.3 is 20.1 Å². The molecule has 8 heteroatoms.